The van der Waals surface area contributed by atoms with E-state index in [9.17, 15) is 14.4 Å². The first-order chi connectivity index (χ1) is 13.8. The Bertz CT molecular complexity index is 845. The van der Waals surface area contributed by atoms with E-state index in [4.69, 9.17) is 9.47 Å². The van der Waals surface area contributed by atoms with Crippen molar-refractivity contribution in [2.45, 2.75) is 39.5 Å². The summed E-state index contributed by atoms with van der Waals surface area (Å²) in [5.74, 6) is -0.644. The molecule has 0 aliphatic heterocycles. The molecule has 0 fully saturated rings. The molecule has 0 unspecified atom stereocenters. The number of hydrogen-bond acceptors (Lipinski definition) is 5. The Labute approximate surface area is 171 Å². The SMILES string of the molecule is COC(=O)c1ccc([C@H](C)NC(=O)[C@H](OCc2cccc(C=O)c2)C(C)C)cc1. The number of esters is 1. The largest absolute Gasteiger partial charge is 0.465 e. The van der Waals surface area contributed by atoms with Crippen LogP contribution in [0.15, 0.2) is 48.5 Å². The molecular weight excluding hydrogens is 370 g/mol. The predicted octanol–water partition coefficient (Wildman–Crippen LogP) is 3.70. The second-order valence-electron chi connectivity index (χ2n) is 7.18. The molecule has 0 saturated carbocycles. The lowest BCUT2D eigenvalue weighted by Gasteiger charge is -2.23. The molecule has 1 amide bonds. The number of benzene rings is 2. The van der Waals surface area contributed by atoms with Gasteiger partial charge >= 0.3 is 5.97 Å². The Morgan fingerprint density at radius 3 is 2.34 bits per heavy atom. The first-order valence-corrected chi connectivity index (χ1v) is 9.50. The number of hydrogen-bond donors (Lipinski definition) is 1. The van der Waals surface area contributed by atoms with Crippen molar-refractivity contribution in [3.05, 3.63) is 70.8 Å². The maximum Gasteiger partial charge on any atom is 0.337 e. The third-order valence-electron chi connectivity index (χ3n) is 4.57. The van der Waals surface area contributed by atoms with E-state index in [2.05, 4.69) is 5.32 Å². The molecule has 154 valence electrons. The molecule has 2 rings (SSSR count). The van der Waals surface area contributed by atoms with Gasteiger partial charge in [-0.2, -0.15) is 0 Å². The fraction of sp³-hybridized carbons (Fsp3) is 0.348. The summed E-state index contributed by atoms with van der Waals surface area (Å²) in [5.41, 5.74) is 2.73. The minimum absolute atomic E-state index is 0.0295. The molecule has 0 heterocycles. The van der Waals surface area contributed by atoms with E-state index in [0.29, 0.717) is 11.1 Å². The van der Waals surface area contributed by atoms with Crippen LogP contribution in [0.2, 0.25) is 0 Å². The van der Waals surface area contributed by atoms with E-state index < -0.39 is 12.1 Å². The first-order valence-electron chi connectivity index (χ1n) is 9.50. The van der Waals surface area contributed by atoms with Crippen LogP contribution >= 0.6 is 0 Å². The van der Waals surface area contributed by atoms with Crippen molar-refractivity contribution < 1.29 is 23.9 Å². The minimum atomic E-state index is -0.633. The van der Waals surface area contributed by atoms with Gasteiger partial charge in [-0.1, -0.05) is 44.2 Å². The van der Waals surface area contributed by atoms with Crippen molar-refractivity contribution >= 4 is 18.2 Å². The predicted molar refractivity (Wildman–Crippen MR) is 110 cm³/mol. The van der Waals surface area contributed by atoms with Crippen molar-refractivity contribution in [2.75, 3.05) is 7.11 Å². The zero-order chi connectivity index (χ0) is 21.4. The van der Waals surface area contributed by atoms with Crippen molar-refractivity contribution in [1.29, 1.82) is 0 Å². The van der Waals surface area contributed by atoms with Gasteiger partial charge in [0.05, 0.1) is 25.3 Å². The van der Waals surface area contributed by atoms with Crippen LogP contribution in [0.3, 0.4) is 0 Å². The molecule has 0 aliphatic rings. The summed E-state index contributed by atoms with van der Waals surface area (Å²) in [6, 6.07) is 13.8. The summed E-state index contributed by atoms with van der Waals surface area (Å²) >= 11 is 0. The molecule has 0 aromatic heterocycles. The highest BCUT2D eigenvalue weighted by molar-refractivity contribution is 5.89. The Balaban J connectivity index is 2.00. The Morgan fingerprint density at radius 2 is 1.76 bits per heavy atom. The average molecular weight is 397 g/mol. The minimum Gasteiger partial charge on any atom is -0.465 e. The number of nitrogens with one attached hydrogen (secondary N) is 1. The zero-order valence-electron chi connectivity index (χ0n) is 17.2. The molecule has 2 aromatic carbocycles. The zero-order valence-corrected chi connectivity index (χ0v) is 17.2. The van der Waals surface area contributed by atoms with Crippen LogP contribution in [-0.2, 0) is 20.9 Å². The molecule has 1 N–H and O–H groups in total. The number of carbonyl (C=O) groups excluding carboxylic acids is 3. The van der Waals surface area contributed by atoms with Gasteiger partial charge in [-0.15, -0.1) is 0 Å². The van der Waals surface area contributed by atoms with Crippen molar-refractivity contribution in [3.63, 3.8) is 0 Å². The molecule has 6 nitrogen and oxygen atoms in total. The molecule has 0 radical (unpaired) electrons. The van der Waals surface area contributed by atoms with Gasteiger partial charge in [0.25, 0.3) is 0 Å². The maximum absolute atomic E-state index is 12.8. The van der Waals surface area contributed by atoms with E-state index >= 15 is 0 Å². The molecule has 0 bridgehead atoms. The normalized spacial score (nSPS) is 12.9. The van der Waals surface area contributed by atoms with Crippen LogP contribution in [0.4, 0.5) is 0 Å². The third-order valence-corrected chi connectivity index (χ3v) is 4.57. The van der Waals surface area contributed by atoms with Crippen molar-refractivity contribution in [3.8, 4) is 0 Å². The number of amides is 1. The summed E-state index contributed by atoms with van der Waals surface area (Å²) in [7, 11) is 1.33. The summed E-state index contributed by atoms with van der Waals surface area (Å²) in [6.07, 6.45) is 0.148. The molecule has 0 spiro atoms. The number of ether oxygens (including phenoxy) is 2. The summed E-state index contributed by atoms with van der Waals surface area (Å²) in [5, 5.41) is 2.96. The standard InChI is InChI=1S/C23H27NO5/c1-15(2)21(29-14-18-7-5-6-17(12-18)13-25)22(26)24-16(3)19-8-10-20(11-9-19)23(27)28-4/h5-13,15-16,21H,14H2,1-4H3,(H,24,26)/t16-,21+/m0/s1. The molecular formula is C23H27NO5. The second-order valence-corrected chi connectivity index (χ2v) is 7.18. The number of methoxy groups -OCH3 is 1. The Morgan fingerprint density at radius 1 is 1.07 bits per heavy atom. The van der Waals surface area contributed by atoms with Crippen LogP contribution in [-0.4, -0.2) is 31.4 Å². The fourth-order valence-corrected chi connectivity index (χ4v) is 2.92. The van der Waals surface area contributed by atoms with Crippen molar-refractivity contribution in [1.82, 2.24) is 5.32 Å². The van der Waals surface area contributed by atoms with Gasteiger partial charge in [0, 0.05) is 5.56 Å². The average Bonchev–Trinajstić information content (AvgIpc) is 2.73. The summed E-state index contributed by atoms with van der Waals surface area (Å²) < 4.78 is 10.6. The van der Waals surface area contributed by atoms with Gasteiger partial charge in [0.1, 0.15) is 12.4 Å². The molecule has 2 atom stereocenters. The lowest BCUT2D eigenvalue weighted by molar-refractivity contribution is -0.137. The van der Waals surface area contributed by atoms with E-state index in [0.717, 1.165) is 17.4 Å². The Hall–Kier alpha value is -2.99. The van der Waals surface area contributed by atoms with Crippen LogP contribution in [0.25, 0.3) is 0 Å². The van der Waals surface area contributed by atoms with Gasteiger partial charge < -0.3 is 14.8 Å². The smallest absolute Gasteiger partial charge is 0.337 e. The summed E-state index contributed by atoms with van der Waals surface area (Å²) in [6.45, 7) is 5.94. The quantitative estimate of drug-likeness (QED) is 0.515. The number of aldehydes is 1. The highest BCUT2D eigenvalue weighted by Crippen LogP contribution is 2.17. The number of rotatable bonds is 9. The highest BCUT2D eigenvalue weighted by Gasteiger charge is 2.24. The van der Waals surface area contributed by atoms with E-state index in [1.165, 1.54) is 7.11 Å². The first kappa shape index (κ1) is 22.3. The van der Waals surface area contributed by atoms with Crippen LogP contribution < -0.4 is 5.32 Å². The second kappa shape index (κ2) is 10.5. The summed E-state index contributed by atoms with van der Waals surface area (Å²) in [4.78, 5) is 35.2. The molecule has 6 heteroatoms. The molecule has 2 aromatic rings. The van der Waals surface area contributed by atoms with Crippen LogP contribution in [0.1, 0.15) is 58.7 Å². The number of carbonyl (C=O) groups is 3. The van der Waals surface area contributed by atoms with Gasteiger partial charge in [-0.05, 0) is 42.2 Å². The molecule has 29 heavy (non-hydrogen) atoms. The molecule has 0 aliphatic carbocycles. The maximum atomic E-state index is 12.8. The van der Waals surface area contributed by atoms with Crippen LogP contribution in [0.5, 0.6) is 0 Å². The van der Waals surface area contributed by atoms with E-state index in [1.807, 2.05) is 26.8 Å². The topological polar surface area (TPSA) is 81.7 Å². The monoisotopic (exact) mass is 397 g/mol. The van der Waals surface area contributed by atoms with Crippen LogP contribution in [0, 0.1) is 5.92 Å². The lowest BCUT2D eigenvalue weighted by atomic mass is 10.0. The van der Waals surface area contributed by atoms with Gasteiger partial charge in [0.2, 0.25) is 5.91 Å². The fourth-order valence-electron chi connectivity index (χ4n) is 2.92. The van der Waals surface area contributed by atoms with Gasteiger partial charge in [-0.25, -0.2) is 4.79 Å². The highest BCUT2D eigenvalue weighted by atomic mass is 16.5. The van der Waals surface area contributed by atoms with E-state index in [1.54, 1.807) is 42.5 Å². The van der Waals surface area contributed by atoms with Gasteiger partial charge in [0.15, 0.2) is 0 Å². The van der Waals surface area contributed by atoms with Crippen molar-refractivity contribution in [2.24, 2.45) is 5.92 Å². The third kappa shape index (κ3) is 6.26. The Kier molecular flexibility index (Phi) is 8.09. The van der Waals surface area contributed by atoms with Gasteiger partial charge in [-0.3, -0.25) is 9.59 Å². The molecule has 0 saturated heterocycles. The van der Waals surface area contributed by atoms with E-state index in [-0.39, 0.29) is 24.5 Å². The lowest BCUT2D eigenvalue weighted by Crippen LogP contribution is -2.40.